The Kier molecular flexibility index (Phi) is 12.5. The molecular weight excluding hydrogens is 624 g/mol. The molecule has 0 spiro atoms. The van der Waals surface area contributed by atoms with Crippen LogP contribution in [0.1, 0.15) is 41.5 Å². The van der Waals surface area contributed by atoms with E-state index < -0.39 is 29.9 Å². The Hall–Kier alpha value is -5.06. The molecule has 0 aromatic heterocycles. The van der Waals surface area contributed by atoms with Crippen molar-refractivity contribution in [3.8, 4) is 11.5 Å². The van der Waals surface area contributed by atoms with E-state index in [0.29, 0.717) is 37.3 Å². The SMILES string of the molecule is COc1ccc(C(OC[C@@H]2C[C@@H](O)CN2C(=O)OCCCCNC(=O)OCc2ccccc2)(c2ccccc2)c2ccc(OC)cc2)cc1. The summed E-state index contributed by atoms with van der Waals surface area (Å²) >= 11 is 0. The van der Waals surface area contributed by atoms with Crippen LogP contribution in [0.4, 0.5) is 9.59 Å². The molecule has 1 heterocycles. The molecule has 1 aliphatic heterocycles. The maximum absolute atomic E-state index is 13.3. The number of ether oxygens (including phenoxy) is 5. The Labute approximate surface area is 287 Å². The number of hydrogen-bond acceptors (Lipinski definition) is 8. The fraction of sp³-hybridized carbons (Fsp3) is 0.333. The standard InChI is InChI=1S/C39H44N2O8/c1-45-35-19-15-31(16-20-35)39(30-13-7-4-8-14-30,32-17-21-36(46-2)22-18-32)49-28-33-25-34(42)26-41(33)38(44)47-24-10-9-23-40-37(43)48-27-29-11-5-3-6-12-29/h3-8,11-22,33-34,42H,9-10,23-28H2,1-2H3,(H,40,43)/t33-,34+/m0/s1. The zero-order valence-corrected chi connectivity index (χ0v) is 28.0. The van der Waals surface area contributed by atoms with Gasteiger partial charge in [-0.15, -0.1) is 0 Å². The highest BCUT2D eigenvalue weighted by molar-refractivity contribution is 5.68. The van der Waals surface area contributed by atoms with Crippen molar-refractivity contribution in [2.24, 2.45) is 0 Å². The summed E-state index contributed by atoms with van der Waals surface area (Å²) in [4.78, 5) is 26.8. The number of carbonyl (C=O) groups excluding carboxylic acids is 2. The van der Waals surface area contributed by atoms with E-state index in [4.69, 9.17) is 23.7 Å². The lowest BCUT2D eigenvalue weighted by atomic mass is 9.80. The van der Waals surface area contributed by atoms with Gasteiger partial charge in [0.25, 0.3) is 0 Å². The number of methoxy groups -OCH3 is 2. The van der Waals surface area contributed by atoms with Crippen molar-refractivity contribution < 1.29 is 38.4 Å². The number of hydrogen-bond donors (Lipinski definition) is 2. The Bertz CT molecular complexity index is 1550. The second-order valence-corrected chi connectivity index (χ2v) is 11.8. The van der Waals surface area contributed by atoms with Crippen LogP contribution >= 0.6 is 0 Å². The van der Waals surface area contributed by atoms with Crippen molar-refractivity contribution in [1.82, 2.24) is 10.2 Å². The number of likely N-dealkylation sites (tertiary alicyclic amines) is 1. The van der Waals surface area contributed by atoms with Gasteiger partial charge in [0, 0.05) is 6.54 Å². The average Bonchev–Trinajstić information content (AvgIpc) is 3.54. The molecule has 10 nitrogen and oxygen atoms in total. The van der Waals surface area contributed by atoms with Crippen molar-refractivity contribution in [1.29, 1.82) is 0 Å². The van der Waals surface area contributed by atoms with Gasteiger partial charge in [0.05, 0.1) is 46.1 Å². The van der Waals surface area contributed by atoms with Crippen molar-refractivity contribution in [3.05, 3.63) is 131 Å². The predicted octanol–water partition coefficient (Wildman–Crippen LogP) is 6.29. The van der Waals surface area contributed by atoms with Gasteiger partial charge in [-0.3, -0.25) is 0 Å². The lowest BCUT2D eigenvalue weighted by Crippen LogP contribution is -2.42. The number of unbranched alkanes of at least 4 members (excludes halogenated alkanes) is 1. The van der Waals surface area contributed by atoms with Gasteiger partial charge in [0.2, 0.25) is 0 Å². The van der Waals surface area contributed by atoms with Gasteiger partial charge in [0.15, 0.2) is 0 Å². The first kappa shape index (κ1) is 35.3. The third-order valence-corrected chi connectivity index (χ3v) is 8.57. The van der Waals surface area contributed by atoms with Gasteiger partial charge in [-0.05, 0) is 65.8 Å². The molecule has 0 aliphatic carbocycles. The summed E-state index contributed by atoms with van der Waals surface area (Å²) in [6.07, 6.45) is -0.216. The number of alkyl carbamates (subject to hydrolysis) is 1. The molecule has 0 radical (unpaired) electrons. The number of aliphatic hydroxyl groups excluding tert-OH is 1. The van der Waals surface area contributed by atoms with E-state index in [1.54, 1.807) is 19.1 Å². The maximum Gasteiger partial charge on any atom is 0.410 e. The lowest BCUT2D eigenvalue weighted by molar-refractivity contribution is -0.0159. The molecule has 1 saturated heterocycles. The Morgan fingerprint density at radius 2 is 1.35 bits per heavy atom. The first-order valence-electron chi connectivity index (χ1n) is 16.5. The van der Waals surface area contributed by atoms with Crippen LogP contribution in [0.15, 0.2) is 109 Å². The average molecular weight is 669 g/mol. The number of carbonyl (C=O) groups is 2. The molecule has 10 heteroatoms. The molecule has 4 aromatic rings. The normalized spacial score (nSPS) is 15.8. The molecule has 2 atom stereocenters. The second-order valence-electron chi connectivity index (χ2n) is 11.8. The quantitative estimate of drug-likeness (QED) is 0.112. The molecule has 0 saturated carbocycles. The molecule has 2 amide bonds. The second kappa shape index (κ2) is 17.4. The molecule has 1 fully saturated rings. The van der Waals surface area contributed by atoms with E-state index in [2.05, 4.69) is 5.32 Å². The highest BCUT2D eigenvalue weighted by atomic mass is 16.6. The number of rotatable bonds is 15. The molecule has 258 valence electrons. The smallest absolute Gasteiger partial charge is 0.410 e. The Balaban J connectivity index is 1.23. The van der Waals surface area contributed by atoms with Gasteiger partial charge >= 0.3 is 12.2 Å². The van der Waals surface area contributed by atoms with E-state index in [-0.39, 0.29) is 26.4 Å². The van der Waals surface area contributed by atoms with Gasteiger partial charge in [-0.25, -0.2) is 9.59 Å². The fourth-order valence-electron chi connectivity index (χ4n) is 6.00. The van der Waals surface area contributed by atoms with Crippen LogP contribution in [0.3, 0.4) is 0 Å². The van der Waals surface area contributed by atoms with Crippen LogP contribution in [0.5, 0.6) is 11.5 Å². The van der Waals surface area contributed by atoms with Crippen molar-refractivity contribution in [3.63, 3.8) is 0 Å². The molecular formula is C39H44N2O8. The topological polar surface area (TPSA) is 116 Å². The first-order chi connectivity index (χ1) is 23.9. The van der Waals surface area contributed by atoms with Gasteiger partial charge in [0.1, 0.15) is 23.7 Å². The van der Waals surface area contributed by atoms with Crippen LogP contribution in [0, 0.1) is 0 Å². The minimum atomic E-state index is -1.06. The fourth-order valence-corrected chi connectivity index (χ4v) is 6.00. The highest BCUT2D eigenvalue weighted by Crippen LogP contribution is 2.42. The molecule has 0 bridgehead atoms. The zero-order valence-electron chi connectivity index (χ0n) is 28.0. The summed E-state index contributed by atoms with van der Waals surface area (Å²) in [5.74, 6) is 1.43. The number of nitrogens with zero attached hydrogens (tertiary/aromatic N) is 1. The van der Waals surface area contributed by atoms with E-state index in [0.717, 1.165) is 22.3 Å². The van der Waals surface area contributed by atoms with Gasteiger partial charge in [-0.2, -0.15) is 0 Å². The van der Waals surface area contributed by atoms with Crippen molar-refractivity contribution in [2.75, 3.05) is 40.5 Å². The Morgan fingerprint density at radius 1 is 0.776 bits per heavy atom. The van der Waals surface area contributed by atoms with E-state index >= 15 is 0 Å². The monoisotopic (exact) mass is 668 g/mol. The van der Waals surface area contributed by atoms with Gasteiger partial charge < -0.3 is 39.0 Å². The maximum atomic E-state index is 13.3. The number of aliphatic hydroxyl groups is 1. The molecule has 4 aromatic carbocycles. The predicted molar refractivity (Wildman–Crippen MR) is 185 cm³/mol. The van der Waals surface area contributed by atoms with E-state index in [1.165, 1.54) is 0 Å². The van der Waals surface area contributed by atoms with Crippen LogP contribution < -0.4 is 14.8 Å². The van der Waals surface area contributed by atoms with Crippen LogP contribution in [-0.4, -0.2) is 74.9 Å². The van der Waals surface area contributed by atoms with Crippen molar-refractivity contribution in [2.45, 2.75) is 43.6 Å². The highest BCUT2D eigenvalue weighted by Gasteiger charge is 2.42. The molecule has 2 N–H and O–H groups in total. The summed E-state index contributed by atoms with van der Waals surface area (Å²) in [6.45, 7) is 1.04. The minimum absolute atomic E-state index is 0.133. The Morgan fingerprint density at radius 3 is 1.94 bits per heavy atom. The summed E-state index contributed by atoms with van der Waals surface area (Å²) in [5, 5.41) is 13.4. The molecule has 0 unspecified atom stereocenters. The summed E-state index contributed by atoms with van der Waals surface area (Å²) in [7, 11) is 3.25. The summed E-state index contributed by atoms with van der Waals surface area (Å²) in [6, 6.07) is 34.4. The third-order valence-electron chi connectivity index (χ3n) is 8.57. The van der Waals surface area contributed by atoms with Crippen LogP contribution in [0.2, 0.25) is 0 Å². The zero-order chi connectivity index (χ0) is 34.5. The lowest BCUT2D eigenvalue weighted by Gasteiger charge is -2.37. The molecule has 49 heavy (non-hydrogen) atoms. The summed E-state index contributed by atoms with van der Waals surface area (Å²) < 4.78 is 28.7. The van der Waals surface area contributed by atoms with Crippen molar-refractivity contribution >= 4 is 12.2 Å². The first-order valence-corrected chi connectivity index (χ1v) is 16.5. The number of benzene rings is 4. The minimum Gasteiger partial charge on any atom is -0.497 e. The van der Waals surface area contributed by atoms with Crippen LogP contribution in [0.25, 0.3) is 0 Å². The third kappa shape index (κ3) is 9.10. The number of β-amino-alcohol motifs (C(OH)–C–C–N with tert-alkyl or cyclic N) is 1. The molecule has 1 aliphatic rings. The summed E-state index contributed by atoms with van der Waals surface area (Å²) in [5.41, 5.74) is 2.49. The number of amides is 2. The number of nitrogens with one attached hydrogen (secondary N) is 1. The molecule has 5 rings (SSSR count). The van der Waals surface area contributed by atoms with E-state index in [1.807, 2.05) is 109 Å². The van der Waals surface area contributed by atoms with Crippen LogP contribution in [-0.2, 0) is 26.4 Å². The van der Waals surface area contributed by atoms with E-state index in [9.17, 15) is 14.7 Å². The largest absolute Gasteiger partial charge is 0.497 e. The van der Waals surface area contributed by atoms with Gasteiger partial charge in [-0.1, -0.05) is 84.9 Å².